The number of pyridine rings is 1. The second kappa shape index (κ2) is 8.84. The molecule has 3 aliphatic rings. The van der Waals surface area contributed by atoms with E-state index < -0.39 is 35.4 Å². The summed E-state index contributed by atoms with van der Waals surface area (Å²) in [6.45, 7) is 1.69. The van der Waals surface area contributed by atoms with E-state index in [4.69, 9.17) is 0 Å². The Morgan fingerprint density at radius 3 is 2.62 bits per heavy atom. The molecule has 10 heteroatoms. The van der Waals surface area contributed by atoms with Crippen molar-refractivity contribution >= 4 is 17.7 Å². The van der Waals surface area contributed by atoms with Gasteiger partial charge in [0.25, 0.3) is 5.91 Å². The van der Waals surface area contributed by atoms with Crippen molar-refractivity contribution in [3.8, 4) is 11.3 Å². The molecular weight excluding hydrogens is 446 g/mol. The van der Waals surface area contributed by atoms with Gasteiger partial charge in [-0.05, 0) is 43.5 Å². The quantitative estimate of drug-likeness (QED) is 0.644. The number of amides is 3. The van der Waals surface area contributed by atoms with Crippen LogP contribution in [-0.2, 0) is 22.7 Å². The summed E-state index contributed by atoms with van der Waals surface area (Å²) in [6, 6.07) is 3.47. The molecule has 1 aromatic heterocycles. The van der Waals surface area contributed by atoms with Crippen molar-refractivity contribution in [3.63, 3.8) is 0 Å². The Labute approximate surface area is 194 Å². The van der Waals surface area contributed by atoms with Gasteiger partial charge in [-0.1, -0.05) is 0 Å². The van der Waals surface area contributed by atoms with Crippen molar-refractivity contribution in [2.24, 2.45) is 5.92 Å². The number of aliphatic hydroxyl groups excluding tert-OH is 1. The molecule has 0 radical (unpaired) electrons. The van der Waals surface area contributed by atoms with Gasteiger partial charge < -0.3 is 10.0 Å². The maximum Gasteiger partial charge on any atom is 0.255 e. The van der Waals surface area contributed by atoms with Crippen LogP contribution >= 0.6 is 0 Å². The fourth-order valence-electron chi connectivity index (χ4n) is 5.03. The molecule has 2 atom stereocenters. The van der Waals surface area contributed by atoms with Crippen LogP contribution in [0, 0.1) is 17.6 Å². The normalized spacial score (nSPS) is 22.9. The first-order chi connectivity index (χ1) is 16.4. The number of rotatable bonds is 5. The molecule has 0 aliphatic carbocycles. The molecule has 34 heavy (non-hydrogen) atoms. The Balaban J connectivity index is 1.42. The third-order valence-corrected chi connectivity index (χ3v) is 6.90. The molecule has 3 aliphatic heterocycles. The molecule has 0 spiro atoms. The number of aliphatic hydroxyl groups is 1. The van der Waals surface area contributed by atoms with Crippen molar-refractivity contribution < 1.29 is 28.3 Å². The molecule has 8 nitrogen and oxygen atoms in total. The van der Waals surface area contributed by atoms with Crippen LogP contribution in [0.5, 0.6) is 0 Å². The van der Waals surface area contributed by atoms with Crippen LogP contribution < -0.4 is 5.32 Å². The number of piperidine rings is 1. The Morgan fingerprint density at radius 2 is 1.88 bits per heavy atom. The molecule has 3 amide bonds. The van der Waals surface area contributed by atoms with Gasteiger partial charge in [0.1, 0.15) is 17.6 Å². The third-order valence-electron chi connectivity index (χ3n) is 6.90. The lowest BCUT2D eigenvalue weighted by Crippen LogP contribution is -2.52. The van der Waals surface area contributed by atoms with Crippen molar-refractivity contribution in [3.05, 3.63) is 52.7 Å². The van der Waals surface area contributed by atoms with E-state index in [1.54, 1.807) is 6.07 Å². The number of carbonyl (C=O) groups excluding carboxylic acids is 3. The lowest BCUT2D eigenvalue weighted by Gasteiger charge is -2.29. The van der Waals surface area contributed by atoms with Crippen molar-refractivity contribution in [1.29, 1.82) is 0 Å². The summed E-state index contributed by atoms with van der Waals surface area (Å²) >= 11 is 0. The predicted molar refractivity (Wildman–Crippen MR) is 116 cm³/mol. The van der Waals surface area contributed by atoms with Gasteiger partial charge in [0.2, 0.25) is 11.8 Å². The first-order valence-corrected chi connectivity index (χ1v) is 11.3. The molecule has 1 aromatic carbocycles. The van der Waals surface area contributed by atoms with E-state index in [2.05, 4.69) is 10.3 Å². The molecule has 2 aromatic rings. The highest BCUT2D eigenvalue weighted by atomic mass is 19.1. The lowest BCUT2D eigenvalue weighted by molar-refractivity contribution is -0.136. The maximum absolute atomic E-state index is 15.6. The van der Waals surface area contributed by atoms with Crippen LogP contribution in [0.25, 0.3) is 11.3 Å². The third kappa shape index (κ3) is 3.86. The highest BCUT2D eigenvalue weighted by molar-refractivity contribution is 6.05. The monoisotopic (exact) mass is 470 g/mol. The predicted octanol–water partition coefficient (Wildman–Crippen LogP) is 1.60. The van der Waals surface area contributed by atoms with Crippen molar-refractivity contribution in [1.82, 2.24) is 20.1 Å². The molecule has 0 bridgehead atoms. The van der Waals surface area contributed by atoms with Gasteiger partial charge in [0.15, 0.2) is 5.82 Å². The lowest BCUT2D eigenvalue weighted by atomic mass is 10.0. The molecule has 2 fully saturated rings. The molecule has 4 heterocycles. The topological polar surface area (TPSA) is 103 Å². The molecule has 2 saturated heterocycles. The van der Waals surface area contributed by atoms with Crippen LogP contribution in [0.3, 0.4) is 0 Å². The molecule has 0 saturated carbocycles. The summed E-state index contributed by atoms with van der Waals surface area (Å²) < 4.78 is 31.0. The average Bonchev–Trinajstić information content (AvgIpc) is 3.41. The number of nitrogens with one attached hydrogen (secondary N) is 1. The number of likely N-dealkylation sites (tertiary alicyclic amines) is 1. The van der Waals surface area contributed by atoms with E-state index in [0.29, 0.717) is 18.7 Å². The number of benzene rings is 1. The number of fused-ring (bicyclic) bond motifs is 1. The van der Waals surface area contributed by atoms with Crippen LogP contribution in [0.4, 0.5) is 8.78 Å². The Morgan fingerprint density at radius 1 is 1.09 bits per heavy atom. The van der Waals surface area contributed by atoms with Crippen molar-refractivity contribution in [2.75, 3.05) is 19.7 Å². The summed E-state index contributed by atoms with van der Waals surface area (Å²) in [5, 5.41) is 11.5. The zero-order chi connectivity index (χ0) is 24.0. The smallest absolute Gasteiger partial charge is 0.255 e. The fourth-order valence-corrected chi connectivity index (χ4v) is 5.03. The largest absolute Gasteiger partial charge is 0.396 e. The van der Waals surface area contributed by atoms with Crippen LogP contribution in [-0.4, -0.2) is 63.4 Å². The van der Waals surface area contributed by atoms with E-state index in [9.17, 15) is 19.5 Å². The molecule has 2 N–H and O–H groups in total. The number of halogens is 2. The van der Waals surface area contributed by atoms with E-state index in [1.807, 2.05) is 4.90 Å². The first kappa shape index (κ1) is 22.5. The van der Waals surface area contributed by atoms with E-state index >= 15 is 8.78 Å². The van der Waals surface area contributed by atoms with Gasteiger partial charge in [-0.2, -0.15) is 0 Å². The fraction of sp³-hybridized carbons (Fsp3) is 0.417. The first-order valence-electron chi connectivity index (χ1n) is 11.3. The second-order valence-corrected chi connectivity index (χ2v) is 9.06. The van der Waals surface area contributed by atoms with Gasteiger partial charge in [0, 0.05) is 54.6 Å². The minimum absolute atomic E-state index is 0.0503. The summed E-state index contributed by atoms with van der Waals surface area (Å²) in [5.74, 6) is -2.68. The highest BCUT2D eigenvalue weighted by Gasteiger charge is 2.40. The zero-order valence-corrected chi connectivity index (χ0v) is 18.4. The minimum Gasteiger partial charge on any atom is -0.396 e. The Kier molecular flexibility index (Phi) is 5.86. The molecule has 178 valence electrons. The molecule has 5 rings (SSSR count). The number of aromatic nitrogens is 1. The number of imide groups is 1. The van der Waals surface area contributed by atoms with Gasteiger partial charge in [-0.15, -0.1) is 0 Å². The Bertz CT molecular complexity index is 1190. The van der Waals surface area contributed by atoms with Gasteiger partial charge in [-0.3, -0.25) is 29.6 Å². The molecule has 2 unspecified atom stereocenters. The second-order valence-electron chi connectivity index (χ2n) is 9.06. The summed E-state index contributed by atoms with van der Waals surface area (Å²) in [7, 11) is 0. The zero-order valence-electron chi connectivity index (χ0n) is 18.4. The molecular formula is C24H24F2N4O4. The summed E-state index contributed by atoms with van der Waals surface area (Å²) in [4.78, 5) is 43.9. The number of nitrogens with zero attached hydrogens (tertiary/aromatic N) is 3. The number of hydrogen-bond donors (Lipinski definition) is 2. The summed E-state index contributed by atoms with van der Waals surface area (Å²) in [6.07, 6.45) is 2.54. The van der Waals surface area contributed by atoms with Gasteiger partial charge in [0.05, 0.1) is 6.54 Å². The average molecular weight is 470 g/mol. The van der Waals surface area contributed by atoms with Crippen molar-refractivity contribution in [2.45, 2.75) is 38.4 Å². The number of hydrogen-bond acceptors (Lipinski definition) is 6. The van der Waals surface area contributed by atoms with E-state index in [0.717, 1.165) is 13.0 Å². The van der Waals surface area contributed by atoms with Crippen LogP contribution in [0.2, 0.25) is 0 Å². The standard InChI is InChI=1S/C24H24F2N4O4/c25-20-14(10-29-8-6-13(9-29)12-31)5-7-27-22(20)16-2-1-15-17(21(16)26)11-30(24(15)34)18-3-4-19(32)28-23(18)33/h1-2,5,7,13,18,31H,3-4,6,8-12H2,(H,28,32,33). The van der Waals surface area contributed by atoms with E-state index in [-0.39, 0.29) is 54.3 Å². The highest BCUT2D eigenvalue weighted by Crippen LogP contribution is 2.35. The van der Waals surface area contributed by atoms with Crippen LogP contribution in [0.1, 0.15) is 40.7 Å². The van der Waals surface area contributed by atoms with Gasteiger partial charge in [-0.25, -0.2) is 8.78 Å². The van der Waals surface area contributed by atoms with E-state index in [1.165, 1.54) is 23.2 Å². The minimum atomic E-state index is -0.859. The maximum atomic E-state index is 15.6. The van der Waals surface area contributed by atoms with Crippen LogP contribution in [0.15, 0.2) is 24.4 Å². The summed E-state index contributed by atoms with van der Waals surface area (Å²) in [5.41, 5.74) is 0.400. The Hall–Kier alpha value is -3.24. The van der Waals surface area contributed by atoms with Gasteiger partial charge >= 0.3 is 0 Å². The SMILES string of the molecule is O=C1CCC(N2Cc3c(ccc(-c4nccc(CN5CCC(CO)C5)c4F)c3F)C2=O)C(=O)N1. The number of carbonyl (C=O) groups is 3.